The summed E-state index contributed by atoms with van der Waals surface area (Å²) in [6.45, 7) is 1.99. The van der Waals surface area contributed by atoms with Crippen molar-refractivity contribution in [3.8, 4) is 5.69 Å². The van der Waals surface area contributed by atoms with E-state index in [9.17, 15) is 14.4 Å². The van der Waals surface area contributed by atoms with Gasteiger partial charge in [0.2, 0.25) is 5.91 Å². The lowest BCUT2D eigenvalue weighted by Gasteiger charge is -2.13. The number of rotatable bonds is 5. The molecule has 1 N–H and O–H groups in total. The third-order valence-corrected chi connectivity index (χ3v) is 6.73. The Labute approximate surface area is 198 Å². The van der Waals surface area contributed by atoms with Gasteiger partial charge in [-0.15, -0.1) is 0 Å². The van der Waals surface area contributed by atoms with Crippen LogP contribution in [-0.4, -0.2) is 44.1 Å². The molecule has 0 fully saturated rings. The monoisotopic (exact) mass is 475 g/mol. The maximum absolute atomic E-state index is 13.3. The summed E-state index contributed by atoms with van der Waals surface area (Å²) in [7, 11) is 1.31. The van der Waals surface area contributed by atoms with E-state index in [1.807, 2.05) is 31.2 Å². The van der Waals surface area contributed by atoms with Crippen molar-refractivity contribution in [1.29, 1.82) is 0 Å². The van der Waals surface area contributed by atoms with Crippen molar-refractivity contribution in [3.63, 3.8) is 0 Å². The first-order valence-corrected chi connectivity index (χ1v) is 11.6. The molecule has 0 aliphatic carbocycles. The second-order valence-corrected chi connectivity index (χ2v) is 8.98. The maximum atomic E-state index is 13.3. The Hall–Kier alpha value is -3.92. The molecular formula is C24H21N5O4S. The van der Waals surface area contributed by atoms with E-state index >= 15 is 0 Å². The Morgan fingerprint density at radius 3 is 2.74 bits per heavy atom. The highest BCUT2D eigenvalue weighted by Gasteiger charge is 2.29. The number of anilines is 1. The lowest BCUT2D eigenvalue weighted by atomic mass is 10.2. The summed E-state index contributed by atoms with van der Waals surface area (Å²) in [5, 5.41) is 8.20. The number of carbonyl (C=O) groups excluding carboxylic acids is 2. The van der Waals surface area contributed by atoms with Crippen LogP contribution in [0.4, 0.5) is 5.69 Å². The van der Waals surface area contributed by atoms with Crippen LogP contribution in [0.2, 0.25) is 0 Å². The maximum Gasteiger partial charge on any atom is 0.337 e. The molecule has 10 heteroatoms. The molecule has 1 atom stereocenters. The van der Waals surface area contributed by atoms with Gasteiger partial charge < -0.3 is 10.1 Å². The minimum absolute atomic E-state index is 0.123. The highest BCUT2D eigenvalue weighted by Crippen LogP contribution is 2.33. The number of ether oxygens (including phenoxy) is 1. The van der Waals surface area contributed by atoms with Gasteiger partial charge in [-0.05, 0) is 48.9 Å². The van der Waals surface area contributed by atoms with Crippen molar-refractivity contribution in [2.24, 2.45) is 0 Å². The van der Waals surface area contributed by atoms with Crippen molar-refractivity contribution in [1.82, 2.24) is 19.3 Å². The Morgan fingerprint density at radius 1 is 1.21 bits per heavy atom. The predicted molar refractivity (Wildman–Crippen MR) is 129 cm³/mol. The molecule has 2 aromatic carbocycles. The third kappa shape index (κ3) is 3.96. The highest BCUT2D eigenvalue weighted by atomic mass is 32.2. The average Bonchev–Trinajstić information content (AvgIpc) is 3.44. The van der Waals surface area contributed by atoms with Crippen molar-refractivity contribution in [2.45, 2.75) is 24.5 Å². The van der Waals surface area contributed by atoms with E-state index in [-0.39, 0.29) is 23.9 Å². The molecule has 3 heterocycles. The number of amides is 1. The van der Waals surface area contributed by atoms with Crippen molar-refractivity contribution in [3.05, 3.63) is 76.2 Å². The number of benzene rings is 2. The molecule has 0 saturated heterocycles. The molecule has 1 aliphatic heterocycles. The fourth-order valence-corrected chi connectivity index (χ4v) is 5.09. The van der Waals surface area contributed by atoms with Gasteiger partial charge in [0, 0.05) is 17.9 Å². The van der Waals surface area contributed by atoms with E-state index in [1.165, 1.54) is 25.1 Å². The molecule has 5 rings (SSSR count). The molecule has 1 unspecified atom stereocenters. The largest absolute Gasteiger partial charge is 0.465 e. The molecule has 34 heavy (non-hydrogen) atoms. The number of nitrogens with one attached hydrogen (secondary N) is 1. The van der Waals surface area contributed by atoms with Gasteiger partial charge in [0.05, 0.1) is 30.6 Å². The van der Waals surface area contributed by atoms with Crippen LogP contribution in [0, 0.1) is 6.92 Å². The number of carbonyl (C=O) groups is 2. The molecule has 0 bridgehead atoms. The molecule has 4 aromatic rings. The van der Waals surface area contributed by atoms with Gasteiger partial charge in [-0.3, -0.25) is 14.2 Å². The first-order chi connectivity index (χ1) is 16.4. The van der Waals surface area contributed by atoms with E-state index < -0.39 is 5.97 Å². The van der Waals surface area contributed by atoms with Gasteiger partial charge in [-0.2, -0.15) is 5.10 Å². The summed E-state index contributed by atoms with van der Waals surface area (Å²) in [4.78, 5) is 42.2. The molecular weight excluding hydrogens is 454 g/mol. The van der Waals surface area contributed by atoms with Crippen LogP contribution < -0.4 is 10.9 Å². The van der Waals surface area contributed by atoms with Gasteiger partial charge >= 0.3 is 5.97 Å². The number of esters is 1. The van der Waals surface area contributed by atoms with Crippen molar-refractivity contribution >= 4 is 40.4 Å². The highest BCUT2D eigenvalue weighted by molar-refractivity contribution is 7.99. The number of fused-ring (bicyclic) bond motifs is 2. The first kappa shape index (κ1) is 21.9. The van der Waals surface area contributed by atoms with Gasteiger partial charge in [0.15, 0.2) is 10.8 Å². The Kier molecular flexibility index (Phi) is 5.66. The second-order valence-electron chi connectivity index (χ2n) is 7.99. The van der Waals surface area contributed by atoms with Crippen molar-refractivity contribution < 1.29 is 14.3 Å². The van der Waals surface area contributed by atoms with E-state index in [0.29, 0.717) is 33.2 Å². The van der Waals surface area contributed by atoms with Gasteiger partial charge in [0.1, 0.15) is 5.39 Å². The minimum Gasteiger partial charge on any atom is -0.465 e. The summed E-state index contributed by atoms with van der Waals surface area (Å²) < 4.78 is 7.94. The number of methoxy groups -OCH3 is 1. The fourth-order valence-electron chi connectivity index (χ4n) is 3.96. The number of hydrogen-bond acceptors (Lipinski definition) is 7. The number of aromatic nitrogens is 4. The SMILES string of the molecule is COC(=O)c1ccc(NC(=O)CC2CSc3nc4c(cnn4-c4cccc(C)c4)c(=O)n32)cc1. The number of aryl methyl sites for hydroxylation is 1. The summed E-state index contributed by atoms with van der Waals surface area (Å²) in [6, 6.07) is 14.0. The normalized spacial score (nSPS) is 14.7. The number of hydrogen-bond donors (Lipinski definition) is 1. The predicted octanol–water partition coefficient (Wildman–Crippen LogP) is 3.35. The lowest BCUT2D eigenvalue weighted by Crippen LogP contribution is -2.27. The summed E-state index contributed by atoms with van der Waals surface area (Å²) in [5.74, 6) is -0.102. The zero-order valence-electron chi connectivity index (χ0n) is 18.5. The second kappa shape index (κ2) is 8.79. The Balaban J connectivity index is 1.38. The van der Waals surface area contributed by atoms with E-state index in [4.69, 9.17) is 4.98 Å². The topological polar surface area (TPSA) is 108 Å². The molecule has 2 aromatic heterocycles. The van der Waals surface area contributed by atoms with Crippen LogP contribution in [0.5, 0.6) is 0 Å². The van der Waals surface area contributed by atoms with Gasteiger partial charge in [0.25, 0.3) is 5.56 Å². The molecule has 0 saturated carbocycles. The Morgan fingerprint density at radius 2 is 2.00 bits per heavy atom. The van der Waals surface area contributed by atoms with Crippen LogP contribution in [0.3, 0.4) is 0 Å². The van der Waals surface area contributed by atoms with Crippen LogP contribution in [0.25, 0.3) is 16.7 Å². The molecule has 9 nitrogen and oxygen atoms in total. The zero-order chi connectivity index (χ0) is 23.8. The Bertz CT molecular complexity index is 1480. The van der Waals surface area contributed by atoms with Crippen molar-refractivity contribution in [2.75, 3.05) is 18.2 Å². The van der Waals surface area contributed by atoms with Crippen LogP contribution in [0.1, 0.15) is 28.4 Å². The number of nitrogens with zero attached hydrogens (tertiary/aromatic N) is 4. The molecule has 0 radical (unpaired) electrons. The zero-order valence-corrected chi connectivity index (χ0v) is 19.3. The van der Waals surface area contributed by atoms with Crippen LogP contribution in [-0.2, 0) is 9.53 Å². The minimum atomic E-state index is -0.443. The van der Waals surface area contributed by atoms with E-state index in [1.54, 1.807) is 33.5 Å². The number of thioether (sulfide) groups is 1. The molecule has 1 aliphatic rings. The standard InChI is InChI=1S/C24H21N5O4S/c1-14-4-3-5-17(10-14)29-21-19(12-25-29)22(31)28-18(13-34-24(28)27-21)11-20(30)26-16-8-6-15(7-9-16)23(32)33-2/h3-10,12,18H,11,13H2,1-2H3,(H,26,30). The molecule has 0 spiro atoms. The van der Waals surface area contributed by atoms with Crippen LogP contribution >= 0.6 is 11.8 Å². The third-order valence-electron chi connectivity index (χ3n) is 5.63. The summed E-state index contributed by atoms with van der Waals surface area (Å²) in [5.41, 5.74) is 3.18. The average molecular weight is 476 g/mol. The summed E-state index contributed by atoms with van der Waals surface area (Å²) in [6.07, 6.45) is 1.65. The molecule has 1 amide bonds. The smallest absolute Gasteiger partial charge is 0.337 e. The van der Waals surface area contributed by atoms with Gasteiger partial charge in [-0.25, -0.2) is 14.5 Å². The van der Waals surface area contributed by atoms with E-state index in [2.05, 4.69) is 15.2 Å². The van der Waals surface area contributed by atoms with Crippen LogP contribution in [0.15, 0.2) is 64.7 Å². The summed E-state index contributed by atoms with van der Waals surface area (Å²) >= 11 is 1.45. The quantitative estimate of drug-likeness (QED) is 0.348. The lowest BCUT2D eigenvalue weighted by molar-refractivity contribution is -0.116. The van der Waals surface area contributed by atoms with Gasteiger partial charge in [-0.1, -0.05) is 23.9 Å². The fraction of sp³-hybridized carbons (Fsp3) is 0.208. The first-order valence-electron chi connectivity index (χ1n) is 10.6. The van der Waals surface area contributed by atoms with E-state index in [0.717, 1.165) is 11.3 Å². The molecule has 172 valence electrons.